The predicted molar refractivity (Wildman–Crippen MR) is 51.9 cm³/mol. The number of aromatic amines is 1. The molecule has 7 nitrogen and oxygen atoms in total. The normalized spacial score (nSPS) is 10.7. The van der Waals surface area contributed by atoms with Crippen molar-refractivity contribution in [2.45, 2.75) is 6.92 Å². The minimum Gasteiger partial charge on any atom is -0.477 e. The molecule has 15 heavy (non-hydrogen) atoms. The zero-order valence-electron chi connectivity index (χ0n) is 7.81. The Bertz CT molecular complexity index is 610. The van der Waals surface area contributed by atoms with E-state index in [4.69, 9.17) is 10.8 Å². The highest BCUT2D eigenvalue weighted by Crippen LogP contribution is 2.13. The van der Waals surface area contributed by atoms with Crippen LogP contribution in [-0.4, -0.2) is 25.7 Å². The lowest BCUT2D eigenvalue weighted by Gasteiger charge is -1.97. The molecule has 0 spiro atoms. The molecule has 2 aromatic heterocycles. The number of hydrogen-bond donors (Lipinski definition) is 3. The van der Waals surface area contributed by atoms with Crippen LogP contribution in [0.4, 0.5) is 5.82 Å². The smallest absolute Gasteiger partial charge is 0.341 e. The van der Waals surface area contributed by atoms with Crippen LogP contribution < -0.4 is 11.3 Å². The summed E-state index contributed by atoms with van der Waals surface area (Å²) < 4.78 is 1.19. The number of nitrogens with one attached hydrogen (secondary N) is 1. The van der Waals surface area contributed by atoms with Gasteiger partial charge in [-0.2, -0.15) is 5.10 Å². The third-order valence-electron chi connectivity index (χ3n) is 2.04. The number of nitrogens with two attached hydrogens (primary N) is 1. The highest BCUT2D eigenvalue weighted by atomic mass is 16.4. The molecule has 0 aliphatic heterocycles. The van der Waals surface area contributed by atoms with Gasteiger partial charge in [0.15, 0.2) is 5.65 Å². The Balaban J connectivity index is 2.99. The molecule has 0 saturated carbocycles. The Morgan fingerprint density at radius 2 is 2.33 bits per heavy atom. The van der Waals surface area contributed by atoms with Crippen LogP contribution >= 0.6 is 0 Å². The van der Waals surface area contributed by atoms with Gasteiger partial charge in [0, 0.05) is 6.07 Å². The standard InChI is InChI=1S/C8H8N4O3/c1-3-6(8(14)15)7-10-5(13)2-4(9)12(7)11-3/h2H,9H2,1H3,(H,10,13)(H,14,15). The molecular formula is C8H8N4O3. The monoisotopic (exact) mass is 208 g/mol. The van der Waals surface area contributed by atoms with Crippen LogP contribution in [0.1, 0.15) is 16.1 Å². The molecule has 2 heterocycles. The first kappa shape index (κ1) is 9.25. The molecule has 2 aromatic rings. The highest BCUT2D eigenvalue weighted by molar-refractivity contribution is 5.95. The summed E-state index contributed by atoms with van der Waals surface area (Å²) in [6, 6.07) is 1.14. The van der Waals surface area contributed by atoms with Crippen molar-refractivity contribution in [1.29, 1.82) is 0 Å². The quantitative estimate of drug-likeness (QED) is 0.590. The predicted octanol–water partition coefficient (Wildman–Crippen LogP) is -0.389. The van der Waals surface area contributed by atoms with Crippen molar-refractivity contribution in [3.63, 3.8) is 0 Å². The summed E-state index contributed by atoms with van der Waals surface area (Å²) >= 11 is 0. The molecule has 0 bridgehead atoms. The second-order valence-electron chi connectivity index (χ2n) is 3.08. The fraction of sp³-hybridized carbons (Fsp3) is 0.125. The van der Waals surface area contributed by atoms with E-state index in [2.05, 4.69) is 10.1 Å². The second-order valence-corrected chi connectivity index (χ2v) is 3.08. The summed E-state index contributed by atoms with van der Waals surface area (Å²) in [5.41, 5.74) is 5.43. The second kappa shape index (κ2) is 2.84. The molecule has 0 aliphatic carbocycles. The van der Waals surface area contributed by atoms with Gasteiger partial charge in [0.05, 0.1) is 5.69 Å². The van der Waals surface area contributed by atoms with Crippen molar-refractivity contribution < 1.29 is 9.90 Å². The van der Waals surface area contributed by atoms with Crippen molar-refractivity contribution in [2.75, 3.05) is 5.73 Å². The fourth-order valence-corrected chi connectivity index (χ4v) is 1.43. The maximum absolute atomic E-state index is 11.1. The van der Waals surface area contributed by atoms with E-state index in [9.17, 15) is 9.59 Å². The molecule has 4 N–H and O–H groups in total. The van der Waals surface area contributed by atoms with Gasteiger partial charge in [-0.05, 0) is 6.92 Å². The van der Waals surface area contributed by atoms with Crippen molar-refractivity contribution in [3.05, 3.63) is 27.7 Å². The van der Waals surface area contributed by atoms with Gasteiger partial charge in [-0.3, -0.25) is 4.79 Å². The van der Waals surface area contributed by atoms with Crippen molar-refractivity contribution in [2.24, 2.45) is 0 Å². The number of anilines is 1. The van der Waals surface area contributed by atoms with Gasteiger partial charge in [0.25, 0.3) is 5.56 Å². The number of fused-ring (bicyclic) bond motifs is 1. The molecule has 0 radical (unpaired) electrons. The van der Waals surface area contributed by atoms with Gasteiger partial charge in [0.1, 0.15) is 11.4 Å². The zero-order chi connectivity index (χ0) is 11.2. The van der Waals surface area contributed by atoms with E-state index in [-0.39, 0.29) is 17.0 Å². The average Bonchev–Trinajstić information content (AvgIpc) is 2.41. The molecule has 0 atom stereocenters. The Kier molecular flexibility index (Phi) is 1.75. The van der Waals surface area contributed by atoms with Gasteiger partial charge in [-0.1, -0.05) is 0 Å². The lowest BCUT2D eigenvalue weighted by molar-refractivity contribution is 0.0698. The molecule has 0 saturated heterocycles. The minimum absolute atomic E-state index is 0.0422. The highest BCUT2D eigenvalue weighted by Gasteiger charge is 2.17. The molecule has 0 unspecified atom stereocenters. The first-order valence-corrected chi connectivity index (χ1v) is 4.12. The van der Waals surface area contributed by atoms with E-state index in [1.54, 1.807) is 0 Å². The number of nitrogens with zero attached hydrogens (tertiary/aromatic N) is 2. The van der Waals surface area contributed by atoms with Crippen LogP contribution in [0, 0.1) is 6.92 Å². The van der Waals surface area contributed by atoms with Crippen LogP contribution in [0.15, 0.2) is 10.9 Å². The summed E-state index contributed by atoms with van der Waals surface area (Å²) in [5.74, 6) is -1.05. The Labute approximate surface area is 83.1 Å². The number of aromatic nitrogens is 3. The Morgan fingerprint density at radius 3 is 2.93 bits per heavy atom. The zero-order valence-corrected chi connectivity index (χ0v) is 7.81. The summed E-state index contributed by atoms with van der Waals surface area (Å²) in [6.07, 6.45) is 0. The number of carboxylic acid groups (broad SMARTS) is 1. The van der Waals surface area contributed by atoms with Crippen LogP contribution in [0.2, 0.25) is 0 Å². The van der Waals surface area contributed by atoms with Gasteiger partial charge in [-0.15, -0.1) is 0 Å². The number of aryl methyl sites for hydroxylation is 1. The van der Waals surface area contributed by atoms with Crippen molar-refractivity contribution >= 4 is 17.4 Å². The van der Waals surface area contributed by atoms with Gasteiger partial charge in [0.2, 0.25) is 0 Å². The van der Waals surface area contributed by atoms with E-state index in [0.717, 1.165) is 6.07 Å². The number of carboxylic acids is 1. The van der Waals surface area contributed by atoms with Crippen molar-refractivity contribution in [3.8, 4) is 0 Å². The SMILES string of the molecule is Cc1nn2c(N)cc(=O)[nH]c2c1C(=O)O. The number of aromatic carboxylic acids is 1. The van der Waals surface area contributed by atoms with Crippen LogP contribution in [0.5, 0.6) is 0 Å². The average molecular weight is 208 g/mol. The Hall–Kier alpha value is -2.31. The molecule has 0 fully saturated rings. The number of H-pyrrole nitrogens is 1. The van der Waals surface area contributed by atoms with Gasteiger partial charge < -0.3 is 15.8 Å². The number of nitrogen functional groups attached to an aromatic ring is 1. The fourth-order valence-electron chi connectivity index (χ4n) is 1.43. The third kappa shape index (κ3) is 1.25. The van der Waals surface area contributed by atoms with Gasteiger partial charge in [-0.25, -0.2) is 9.31 Å². The third-order valence-corrected chi connectivity index (χ3v) is 2.04. The van der Waals surface area contributed by atoms with E-state index in [1.807, 2.05) is 0 Å². The molecule has 0 aromatic carbocycles. The van der Waals surface area contributed by atoms with E-state index >= 15 is 0 Å². The molecule has 7 heteroatoms. The molecule has 78 valence electrons. The molecule has 2 rings (SSSR count). The minimum atomic E-state index is -1.15. The number of rotatable bonds is 1. The molecule has 0 aliphatic rings. The van der Waals surface area contributed by atoms with Crippen LogP contribution in [0.25, 0.3) is 5.65 Å². The summed E-state index contributed by atoms with van der Waals surface area (Å²) in [5, 5.41) is 12.8. The van der Waals surface area contributed by atoms with Crippen LogP contribution in [-0.2, 0) is 0 Å². The Morgan fingerprint density at radius 1 is 1.67 bits per heavy atom. The summed E-state index contributed by atoms with van der Waals surface area (Å²) in [4.78, 5) is 24.4. The first-order chi connectivity index (χ1) is 7.00. The first-order valence-electron chi connectivity index (χ1n) is 4.12. The molecular weight excluding hydrogens is 200 g/mol. The lowest BCUT2D eigenvalue weighted by atomic mass is 10.2. The number of hydrogen-bond acceptors (Lipinski definition) is 4. The topological polar surface area (TPSA) is 113 Å². The van der Waals surface area contributed by atoms with E-state index in [1.165, 1.54) is 11.4 Å². The van der Waals surface area contributed by atoms with E-state index < -0.39 is 11.5 Å². The number of carbonyl (C=O) groups is 1. The van der Waals surface area contributed by atoms with E-state index in [0.29, 0.717) is 5.69 Å². The van der Waals surface area contributed by atoms with Crippen molar-refractivity contribution in [1.82, 2.24) is 14.6 Å². The lowest BCUT2D eigenvalue weighted by Crippen LogP contribution is -2.12. The summed E-state index contributed by atoms with van der Waals surface area (Å²) in [6.45, 7) is 1.54. The van der Waals surface area contributed by atoms with Crippen LogP contribution in [0.3, 0.4) is 0 Å². The molecule has 0 amide bonds. The maximum Gasteiger partial charge on any atom is 0.341 e. The maximum atomic E-state index is 11.1. The summed E-state index contributed by atoms with van der Waals surface area (Å²) in [7, 11) is 0. The largest absolute Gasteiger partial charge is 0.477 e. The van der Waals surface area contributed by atoms with Gasteiger partial charge >= 0.3 is 5.97 Å².